The molecule has 0 bridgehead atoms. The number of methoxy groups -OCH3 is 1. The van der Waals surface area contributed by atoms with Crippen LogP contribution in [0.3, 0.4) is 0 Å². The number of urea groups is 1. The standard InChI is InChI=1S/C11H17BrN2O6/c1-11(12)8(17)13-10(18)14(9(11)19-2)7-3-5(16)6(4-15)20-7/h5-7,9,15-16H,3-4H2,1-2H3,(H,13,17,18)/t5-,6+,7+,9+,11-/m0/s1. The van der Waals surface area contributed by atoms with E-state index in [1.165, 1.54) is 12.0 Å². The number of hydrogen-bond acceptors (Lipinski definition) is 6. The number of imide groups is 1. The van der Waals surface area contributed by atoms with Crippen molar-refractivity contribution in [2.45, 2.75) is 42.3 Å². The lowest BCUT2D eigenvalue weighted by atomic mass is 10.0. The first-order valence-corrected chi connectivity index (χ1v) is 6.92. The van der Waals surface area contributed by atoms with Crippen molar-refractivity contribution < 1.29 is 29.3 Å². The van der Waals surface area contributed by atoms with Gasteiger partial charge in [-0.25, -0.2) is 4.79 Å². The lowest BCUT2D eigenvalue weighted by Crippen LogP contribution is -2.69. The number of nitrogens with one attached hydrogen (secondary N) is 1. The van der Waals surface area contributed by atoms with E-state index in [1.54, 1.807) is 6.92 Å². The van der Waals surface area contributed by atoms with Crippen LogP contribution >= 0.6 is 15.9 Å². The number of rotatable bonds is 3. The number of halogens is 1. The van der Waals surface area contributed by atoms with Gasteiger partial charge in [0.05, 0.1) is 12.7 Å². The molecule has 2 aliphatic rings. The van der Waals surface area contributed by atoms with Crippen molar-refractivity contribution in [2.24, 2.45) is 0 Å². The molecule has 3 N–H and O–H groups in total. The summed E-state index contributed by atoms with van der Waals surface area (Å²) in [6.45, 7) is 1.22. The van der Waals surface area contributed by atoms with Crippen LogP contribution in [0.2, 0.25) is 0 Å². The van der Waals surface area contributed by atoms with Crippen LogP contribution in [0.4, 0.5) is 4.79 Å². The lowest BCUT2D eigenvalue weighted by Gasteiger charge is -2.44. The molecule has 0 saturated carbocycles. The monoisotopic (exact) mass is 352 g/mol. The number of nitrogens with zero attached hydrogens (tertiary/aromatic N) is 1. The Morgan fingerprint density at radius 2 is 2.25 bits per heavy atom. The topological polar surface area (TPSA) is 108 Å². The van der Waals surface area contributed by atoms with Gasteiger partial charge in [0.15, 0.2) is 6.23 Å². The predicted octanol–water partition coefficient (Wildman–Crippen LogP) is -0.867. The summed E-state index contributed by atoms with van der Waals surface area (Å²) in [5.41, 5.74) is 0. The third-order valence-corrected chi connectivity index (χ3v) is 4.28. The first kappa shape index (κ1) is 15.6. The Bertz CT molecular complexity index is 418. The van der Waals surface area contributed by atoms with Crippen molar-refractivity contribution in [3.63, 3.8) is 0 Å². The van der Waals surface area contributed by atoms with Gasteiger partial charge < -0.3 is 19.7 Å². The van der Waals surface area contributed by atoms with E-state index in [0.29, 0.717) is 0 Å². The van der Waals surface area contributed by atoms with E-state index in [9.17, 15) is 14.7 Å². The SMILES string of the molecule is CO[C@H]1N([C@H]2C[C@H](O)[C@@H](CO)O2)C(=O)NC(=O)[C@]1(C)Br. The normalized spacial score (nSPS) is 42.0. The van der Waals surface area contributed by atoms with Gasteiger partial charge in [-0.15, -0.1) is 0 Å². The molecule has 0 aliphatic carbocycles. The average molecular weight is 353 g/mol. The van der Waals surface area contributed by atoms with Crippen LogP contribution in [-0.2, 0) is 14.3 Å². The van der Waals surface area contributed by atoms with Crippen LogP contribution in [0.1, 0.15) is 13.3 Å². The molecular formula is C11H17BrN2O6. The minimum absolute atomic E-state index is 0.135. The van der Waals surface area contributed by atoms with Crippen LogP contribution in [-0.4, -0.2) is 69.8 Å². The van der Waals surface area contributed by atoms with Gasteiger partial charge in [0.2, 0.25) is 5.91 Å². The number of aliphatic hydroxyl groups is 2. The van der Waals surface area contributed by atoms with Crippen LogP contribution in [0.25, 0.3) is 0 Å². The molecule has 2 fully saturated rings. The van der Waals surface area contributed by atoms with Crippen LogP contribution in [0.5, 0.6) is 0 Å². The second-order valence-corrected chi connectivity index (χ2v) is 6.59. The Hall–Kier alpha value is -0.740. The predicted molar refractivity (Wildman–Crippen MR) is 69.9 cm³/mol. The number of alkyl halides is 1. The van der Waals surface area contributed by atoms with E-state index >= 15 is 0 Å². The molecule has 0 spiro atoms. The first-order valence-electron chi connectivity index (χ1n) is 6.12. The number of ether oxygens (including phenoxy) is 2. The summed E-state index contributed by atoms with van der Waals surface area (Å²) in [6, 6.07) is -0.658. The number of amides is 3. The molecule has 2 rings (SSSR count). The van der Waals surface area contributed by atoms with Crippen LogP contribution in [0, 0.1) is 0 Å². The highest BCUT2D eigenvalue weighted by atomic mass is 79.9. The molecule has 9 heteroatoms. The number of carbonyl (C=O) groups is 2. The van der Waals surface area contributed by atoms with Gasteiger partial charge in [0, 0.05) is 13.5 Å². The molecule has 2 aliphatic heterocycles. The maximum atomic E-state index is 12.0. The zero-order valence-electron chi connectivity index (χ0n) is 11.1. The van der Waals surface area contributed by atoms with Gasteiger partial charge in [-0.2, -0.15) is 0 Å². The maximum Gasteiger partial charge on any atom is 0.328 e. The quantitative estimate of drug-likeness (QED) is 0.570. The maximum absolute atomic E-state index is 12.0. The Balaban J connectivity index is 2.25. The summed E-state index contributed by atoms with van der Waals surface area (Å²) >= 11 is 3.25. The largest absolute Gasteiger partial charge is 0.394 e. The van der Waals surface area contributed by atoms with E-state index in [4.69, 9.17) is 14.6 Å². The molecular weight excluding hydrogens is 336 g/mol. The van der Waals surface area contributed by atoms with Gasteiger partial charge in [0.25, 0.3) is 0 Å². The Kier molecular flexibility index (Phi) is 4.35. The van der Waals surface area contributed by atoms with E-state index in [2.05, 4.69) is 21.2 Å². The van der Waals surface area contributed by atoms with E-state index in [0.717, 1.165) is 0 Å². The molecule has 8 nitrogen and oxygen atoms in total. The van der Waals surface area contributed by atoms with Gasteiger partial charge in [-0.3, -0.25) is 15.0 Å². The summed E-state index contributed by atoms with van der Waals surface area (Å²) in [4.78, 5) is 25.1. The zero-order valence-corrected chi connectivity index (χ0v) is 12.7. The van der Waals surface area contributed by atoms with Crippen molar-refractivity contribution >= 4 is 27.9 Å². The molecule has 0 unspecified atom stereocenters. The van der Waals surface area contributed by atoms with Crippen LogP contribution < -0.4 is 5.32 Å². The third kappa shape index (κ3) is 2.44. The highest BCUT2D eigenvalue weighted by Crippen LogP contribution is 2.35. The van der Waals surface area contributed by atoms with Gasteiger partial charge >= 0.3 is 6.03 Å². The zero-order chi connectivity index (χ0) is 15.1. The summed E-state index contributed by atoms with van der Waals surface area (Å²) in [5, 5.41) is 21.0. The lowest BCUT2D eigenvalue weighted by molar-refractivity contribution is -0.153. The molecule has 20 heavy (non-hydrogen) atoms. The highest BCUT2D eigenvalue weighted by Gasteiger charge is 2.54. The molecule has 5 atom stereocenters. The number of carbonyl (C=O) groups excluding carboxylic acids is 2. The van der Waals surface area contributed by atoms with Gasteiger partial charge in [-0.05, 0) is 6.92 Å². The minimum Gasteiger partial charge on any atom is -0.394 e. The summed E-state index contributed by atoms with van der Waals surface area (Å²) in [6.07, 6.45) is -3.18. The van der Waals surface area contributed by atoms with Crippen molar-refractivity contribution in [3.8, 4) is 0 Å². The fourth-order valence-corrected chi connectivity index (χ4v) is 2.94. The van der Waals surface area contributed by atoms with Crippen molar-refractivity contribution in [2.75, 3.05) is 13.7 Å². The molecule has 3 amide bonds. The van der Waals surface area contributed by atoms with Gasteiger partial charge in [0.1, 0.15) is 16.7 Å². The Morgan fingerprint density at radius 1 is 1.60 bits per heavy atom. The molecule has 0 radical (unpaired) electrons. The van der Waals surface area contributed by atoms with Crippen molar-refractivity contribution in [3.05, 3.63) is 0 Å². The Morgan fingerprint density at radius 3 is 2.75 bits per heavy atom. The molecule has 0 aromatic carbocycles. The fourth-order valence-electron chi connectivity index (χ4n) is 2.43. The minimum atomic E-state index is -1.14. The van der Waals surface area contributed by atoms with Gasteiger partial charge in [-0.1, -0.05) is 15.9 Å². The molecule has 2 saturated heterocycles. The summed E-state index contributed by atoms with van der Waals surface area (Å²) < 4.78 is 9.56. The smallest absolute Gasteiger partial charge is 0.328 e. The van der Waals surface area contributed by atoms with E-state index in [1.807, 2.05) is 0 Å². The number of aliphatic hydroxyl groups excluding tert-OH is 2. The van der Waals surface area contributed by atoms with Crippen molar-refractivity contribution in [1.82, 2.24) is 10.2 Å². The highest BCUT2D eigenvalue weighted by molar-refractivity contribution is 9.10. The average Bonchev–Trinajstić information content (AvgIpc) is 2.74. The number of hydrogen-bond donors (Lipinski definition) is 3. The molecule has 114 valence electrons. The summed E-state index contributed by atoms with van der Waals surface area (Å²) in [7, 11) is 1.37. The third-order valence-electron chi connectivity index (χ3n) is 3.53. The molecule has 0 aromatic rings. The molecule has 0 aromatic heterocycles. The van der Waals surface area contributed by atoms with Crippen LogP contribution in [0.15, 0.2) is 0 Å². The van der Waals surface area contributed by atoms with E-state index < -0.39 is 40.9 Å². The van der Waals surface area contributed by atoms with E-state index in [-0.39, 0.29) is 13.0 Å². The fraction of sp³-hybridized carbons (Fsp3) is 0.818. The first-order chi connectivity index (χ1) is 9.32. The molecule has 2 heterocycles. The second-order valence-electron chi connectivity index (χ2n) is 4.95. The van der Waals surface area contributed by atoms with Crippen molar-refractivity contribution in [1.29, 1.82) is 0 Å². The Labute approximate surface area is 124 Å². The second kappa shape index (κ2) is 5.57. The summed E-state index contributed by atoms with van der Waals surface area (Å²) in [5.74, 6) is -0.511.